The molecule has 0 aliphatic rings. The third-order valence-electron chi connectivity index (χ3n) is 3.07. The first kappa shape index (κ1) is 16.2. The number of nitrogens with zero attached hydrogens (tertiary/aromatic N) is 5. The summed E-state index contributed by atoms with van der Waals surface area (Å²) in [5, 5.41) is 8.64. The molecule has 7 heteroatoms. The molecule has 1 aromatic heterocycles. The van der Waals surface area contributed by atoms with Gasteiger partial charge in [0.15, 0.2) is 5.82 Å². The van der Waals surface area contributed by atoms with Crippen molar-refractivity contribution in [3.8, 4) is 6.01 Å². The van der Waals surface area contributed by atoms with Gasteiger partial charge in [0.05, 0.1) is 13.2 Å². The molecule has 0 saturated heterocycles. The van der Waals surface area contributed by atoms with Crippen LogP contribution in [0.5, 0.6) is 6.01 Å². The summed E-state index contributed by atoms with van der Waals surface area (Å²) in [6, 6.07) is 9.78. The highest BCUT2D eigenvalue weighted by molar-refractivity contribution is 6.29. The fourth-order valence-electron chi connectivity index (χ4n) is 1.79. The summed E-state index contributed by atoms with van der Waals surface area (Å²) < 4.78 is 4.95. The van der Waals surface area contributed by atoms with E-state index in [1.54, 1.807) is 0 Å². The Hall–Kier alpha value is -2.21. The molecule has 0 amide bonds. The molecule has 0 bridgehead atoms. The van der Waals surface area contributed by atoms with Crippen LogP contribution in [0.15, 0.2) is 40.6 Å². The maximum absolute atomic E-state index is 5.87. The van der Waals surface area contributed by atoms with E-state index in [1.807, 2.05) is 50.2 Å². The zero-order valence-electron chi connectivity index (χ0n) is 13.0. The number of rotatable bonds is 5. The molecule has 1 atom stereocenters. The number of anilines is 1. The van der Waals surface area contributed by atoms with Gasteiger partial charge in [-0.15, -0.1) is 5.11 Å². The van der Waals surface area contributed by atoms with Crippen LogP contribution < -0.4 is 9.64 Å². The Morgan fingerprint density at radius 3 is 2.45 bits per heavy atom. The van der Waals surface area contributed by atoms with Gasteiger partial charge in [-0.3, -0.25) is 0 Å². The number of methoxy groups -OCH3 is 1. The van der Waals surface area contributed by atoms with Gasteiger partial charge in [0.25, 0.3) is 0 Å². The fraction of sp³-hybridized carbons (Fsp3) is 0.333. The highest BCUT2D eigenvalue weighted by Gasteiger charge is 2.06. The summed E-state index contributed by atoms with van der Waals surface area (Å²) >= 11 is 5.87. The zero-order chi connectivity index (χ0) is 16.1. The molecule has 0 aliphatic carbocycles. The molecular formula is C15H18ClN5O. The monoisotopic (exact) mass is 319 g/mol. The minimum Gasteiger partial charge on any atom is -0.467 e. The van der Waals surface area contributed by atoms with Crippen LogP contribution in [0.3, 0.4) is 0 Å². The van der Waals surface area contributed by atoms with Crippen LogP contribution >= 0.6 is 11.6 Å². The largest absolute Gasteiger partial charge is 0.467 e. The molecule has 2 aromatic rings. The van der Waals surface area contributed by atoms with Gasteiger partial charge in [-0.1, -0.05) is 23.7 Å². The summed E-state index contributed by atoms with van der Waals surface area (Å²) in [5.74, 6) is 0.369. The van der Waals surface area contributed by atoms with Crippen molar-refractivity contribution in [1.29, 1.82) is 0 Å². The molecule has 0 saturated carbocycles. The van der Waals surface area contributed by atoms with Crippen LogP contribution in [0.25, 0.3) is 0 Å². The van der Waals surface area contributed by atoms with E-state index in [4.69, 9.17) is 16.3 Å². The van der Waals surface area contributed by atoms with Gasteiger partial charge in [-0.2, -0.15) is 15.1 Å². The maximum atomic E-state index is 5.87. The Morgan fingerprint density at radius 2 is 1.86 bits per heavy atom. The normalized spacial score (nSPS) is 12.4. The smallest absolute Gasteiger partial charge is 0.319 e. The lowest BCUT2D eigenvalue weighted by atomic mass is 10.1. The second-order valence-electron chi connectivity index (χ2n) is 4.91. The van der Waals surface area contributed by atoms with E-state index in [1.165, 1.54) is 13.2 Å². The fourth-order valence-corrected chi connectivity index (χ4v) is 1.96. The molecule has 1 heterocycles. The molecule has 0 N–H and O–H groups in total. The number of azo groups is 1. The van der Waals surface area contributed by atoms with Crippen molar-refractivity contribution in [2.24, 2.45) is 10.2 Å². The second-order valence-corrected chi connectivity index (χ2v) is 5.30. The summed E-state index contributed by atoms with van der Waals surface area (Å²) in [4.78, 5) is 10.0. The van der Waals surface area contributed by atoms with Crippen molar-refractivity contribution in [3.05, 3.63) is 41.0 Å². The number of halogens is 1. The molecule has 0 spiro atoms. The molecule has 2 rings (SSSR count). The lowest BCUT2D eigenvalue weighted by Gasteiger charge is -2.13. The quantitative estimate of drug-likeness (QED) is 0.616. The van der Waals surface area contributed by atoms with E-state index >= 15 is 0 Å². The standard InChI is InChI=1S/C15H18ClN5O/c1-10(11-5-7-12(8-6-11)21(2)3)19-20-14-9-13(16)17-15(18-14)22-4/h5-10H,1-4H3. The van der Waals surface area contributed by atoms with Gasteiger partial charge in [-0.05, 0) is 24.6 Å². The Bertz CT molecular complexity index is 657. The van der Waals surface area contributed by atoms with Crippen LogP contribution in [-0.2, 0) is 0 Å². The third kappa shape index (κ3) is 4.14. The molecule has 6 nitrogen and oxygen atoms in total. The molecule has 0 fully saturated rings. The molecule has 0 radical (unpaired) electrons. The number of hydrogen-bond donors (Lipinski definition) is 0. The Balaban J connectivity index is 2.13. The predicted molar refractivity (Wildman–Crippen MR) is 87.3 cm³/mol. The van der Waals surface area contributed by atoms with Crippen molar-refractivity contribution >= 4 is 23.1 Å². The number of aromatic nitrogens is 2. The van der Waals surface area contributed by atoms with E-state index in [9.17, 15) is 0 Å². The average Bonchev–Trinajstić information content (AvgIpc) is 2.52. The molecule has 1 unspecified atom stereocenters. The first-order chi connectivity index (χ1) is 10.5. The van der Waals surface area contributed by atoms with E-state index in [0.717, 1.165) is 11.3 Å². The SMILES string of the molecule is COc1nc(Cl)cc(N=NC(C)c2ccc(N(C)C)cc2)n1. The number of benzene rings is 1. The van der Waals surface area contributed by atoms with Crippen molar-refractivity contribution in [2.75, 3.05) is 26.1 Å². The van der Waals surface area contributed by atoms with Crippen LogP contribution in [0, 0.1) is 0 Å². The van der Waals surface area contributed by atoms with Gasteiger partial charge >= 0.3 is 6.01 Å². The predicted octanol–water partition coefficient (Wildman–Crippen LogP) is 4.05. The van der Waals surface area contributed by atoms with Gasteiger partial charge in [0.2, 0.25) is 0 Å². The summed E-state index contributed by atoms with van der Waals surface area (Å²) in [7, 11) is 5.48. The Morgan fingerprint density at radius 1 is 1.18 bits per heavy atom. The van der Waals surface area contributed by atoms with Crippen molar-refractivity contribution in [3.63, 3.8) is 0 Å². The second kappa shape index (κ2) is 7.17. The van der Waals surface area contributed by atoms with Crippen molar-refractivity contribution in [2.45, 2.75) is 13.0 Å². The lowest BCUT2D eigenvalue weighted by molar-refractivity contribution is 0.380. The Labute approximate surface area is 134 Å². The first-order valence-electron chi connectivity index (χ1n) is 6.76. The maximum Gasteiger partial charge on any atom is 0.319 e. The van der Waals surface area contributed by atoms with Crippen LogP contribution in [0.1, 0.15) is 18.5 Å². The molecule has 1 aromatic carbocycles. The number of hydrogen-bond acceptors (Lipinski definition) is 6. The Kier molecular flexibility index (Phi) is 5.27. The highest BCUT2D eigenvalue weighted by Crippen LogP contribution is 2.23. The van der Waals surface area contributed by atoms with Crippen molar-refractivity contribution < 1.29 is 4.74 Å². The number of ether oxygens (including phenoxy) is 1. The van der Waals surface area contributed by atoms with Gasteiger partial charge in [0, 0.05) is 25.8 Å². The highest BCUT2D eigenvalue weighted by atomic mass is 35.5. The van der Waals surface area contributed by atoms with E-state index < -0.39 is 0 Å². The van der Waals surface area contributed by atoms with E-state index in [0.29, 0.717) is 5.82 Å². The summed E-state index contributed by atoms with van der Waals surface area (Å²) in [6.45, 7) is 1.97. The molecular weight excluding hydrogens is 302 g/mol. The van der Waals surface area contributed by atoms with Crippen LogP contribution in [0.2, 0.25) is 5.15 Å². The lowest BCUT2D eigenvalue weighted by Crippen LogP contribution is -2.08. The van der Waals surface area contributed by atoms with E-state index in [2.05, 4.69) is 20.2 Å². The van der Waals surface area contributed by atoms with Crippen LogP contribution in [-0.4, -0.2) is 31.2 Å². The molecule has 22 heavy (non-hydrogen) atoms. The third-order valence-corrected chi connectivity index (χ3v) is 3.26. The minimum atomic E-state index is -0.0871. The van der Waals surface area contributed by atoms with Gasteiger partial charge in [-0.25, -0.2) is 0 Å². The van der Waals surface area contributed by atoms with Crippen molar-refractivity contribution in [1.82, 2.24) is 9.97 Å². The minimum absolute atomic E-state index is 0.0871. The van der Waals surface area contributed by atoms with Crippen LogP contribution in [0.4, 0.5) is 11.5 Å². The topological polar surface area (TPSA) is 63.0 Å². The van der Waals surface area contributed by atoms with Gasteiger partial charge in [0.1, 0.15) is 5.15 Å². The molecule has 0 aliphatic heterocycles. The first-order valence-corrected chi connectivity index (χ1v) is 7.14. The average molecular weight is 320 g/mol. The van der Waals surface area contributed by atoms with E-state index in [-0.39, 0.29) is 17.2 Å². The molecule has 116 valence electrons. The summed E-state index contributed by atoms with van der Waals surface area (Å²) in [5.41, 5.74) is 2.21. The summed E-state index contributed by atoms with van der Waals surface area (Å²) in [6.07, 6.45) is 0. The zero-order valence-corrected chi connectivity index (χ0v) is 13.7. The van der Waals surface area contributed by atoms with Gasteiger partial charge < -0.3 is 9.64 Å².